The molecule has 2 aromatic heterocycles. The minimum absolute atomic E-state index is 0.0201. The van der Waals surface area contributed by atoms with E-state index in [9.17, 15) is 0 Å². The van der Waals surface area contributed by atoms with Crippen molar-refractivity contribution >= 4 is 11.8 Å². The minimum atomic E-state index is -0.0201. The molecule has 1 aliphatic rings. The fraction of sp³-hybridized carbons (Fsp3) is 0.357. The smallest absolute Gasteiger partial charge is 0.225 e. The first-order valence-electron chi connectivity index (χ1n) is 6.69. The molecule has 6 nitrogen and oxygen atoms in total. The highest BCUT2D eigenvalue weighted by Crippen LogP contribution is 2.15. The van der Waals surface area contributed by atoms with Gasteiger partial charge < -0.3 is 14.9 Å². The molecule has 0 aromatic carbocycles. The van der Waals surface area contributed by atoms with E-state index in [1.165, 1.54) is 0 Å². The lowest BCUT2D eigenvalue weighted by Gasteiger charge is -2.35. The highest BCUT2D eigenvalue weighted by atomic mass is 16.3. The van der Waals surface area contributed by atoms with Crippen molar-refractivity contribution in [1.82, 2.24) is 15.0 Å². The minimum Gasteiger partial charge on any atom is -0.392 e. The summed E-state index contributed by atoms with van der Waals surface area (Å²) in [5, 5.41) is 8.99. The Morgan fingerprint density at radius 2 is 1.65 bits per heavy atom. The van der Waals surface area contributed by atoms with Gasteiger partial charge in [-0.25, -0.2) is 15.0 Å². The Morgan fingerprint density at radius 1 is 0.950 bits per heavy atom. The van der Waals surface area contributed by atoms with Gasteiger partial charge in [-0.05, 0) is 12.1 Å². The molecule has 1 aliphatic heterocycles. The molecule has 0 radical (unpaired) electrons. The zero-order chi connectivity index (χ0) is 13.8. The predicted molar refractivity (Wildman–Crippen MR) is 76.6 cm³/mol. The van der Waals surface area contributed by atoms with Crippen LogP contribution in [0.15, 0.2) is 36.8 Å². The van der Waals surface area contributed by atoms with Crippen LogP contribution in [-0.2, 0) is 6.61 Å². The Hall–Kier alpha value is -2.21. The van der Waals surface area contributed by atoms with E-state index in [1.54, 1.807) is 12.4 Å². The topological polar surface area (TPSA) is 65.4 Å². The number of anilines is 2. The molecule has 6 heteroatoms. The zero-order valence-electron chi connectivity index (χ0n) is 11.2. The number of nitrogens with zero attached hydrogens (tertiary/aromatic N) is 5. The molecule has 1 N–H and O–H groups in total. The number of pyridine rings is 1. The Balaban J connectivity index is 1.63. The van der Waals surface area contributed by atoms with Crippen LogP contribution >= 0.6 is 0 Å². The molecule has 0 saturated carbocycles. The summed E-state index contributed by atoms with van der Waals surface area (Å²) in [6.45, 7) is 3.53. The molecule has 20 heavy (non-hydrogen) atoms. The lowest BCUT2D eigenvalue weighted by Crippen LogP contribution is -2.47. The summed E-state index contributed by atoms with van der Waals surface area (Å²) in [5.41, 5.74) is 0.737. The molecule has 1 fully saturated rings. The van der Waals surface area contributed by atoms with E-state index in [2.05, 4.69) is 24.8 Å². The van der Waals surface area contributed by atoms with Gasteiger partial charge in [0.2, 0.25) is 5.95 Å². The third-order valence-corrected chi connectivity index (χ3v) is 3.41. The quantitative estimate of drug-likeness (QED) is 0.886. The fourth-order valence-corrected chi connectivity index (χ4v) is 2.27. The third kappa shape index (κ3) is 2.70. The first-order chi connectivity index (χ1) is 9.86. The van der Waals surface area contributed by atoms with Crippen LogP contribution in [0.3, 0.4) is 0 Å². The number of rotatable bonds is 3. The zero-order valence-corrected chi connectivity index (χ0v) is 11.2. The Morgan fingerprint density at radius 3 is 2.25 bits per heavy atom. The van der Waals surface area contributed by atoms with Crippen LogP contribution in [0.2, 0.25) is 0 Å². The summed E-state index contributed by atoms with van der Waals surface area (Å²) in [6, 6.07) is 5.96. The Bertz CT molecular complexity index is 537. The molecule has 0 spiro atoms. The van der Waals surface area contributed by atoms with Crippen LogP contribution in [-0.4, -0.2) is 46.2 Å². The summed E-state index contributed by atoms with van der Waals surface area (Å²) in [6.07, 6.45) is 5.17. The van der Waals surface area contributed by atoms with E-state index in [0.717, 1.165) is 43.5 Å². The summed E-state index contributed by atoms with van der Waals surface area (Å²) in [5.74, 6) is 1.74. The summed E-state index contributed by atoms with van der Waals surface area (Å²) in [4.78, 5) is 17.4. The molecule has 104 valence electrons. The van der Waals surface area contributed by atoms with E-state index in [1.807, 2.05) is 24.4 Å². The van der Waals surface area contributed by atoms with Crippen LogP contribution in [0, 0.1) is 0 Å². The van der Waals surface area contributed by atoms with Gasteiger partial charge in [0.05, 0.1) is 6.61 Å². The number of aliphatic hydroxyl groups excluding tert-OH is 1. The number of hydrogen-bond acceptors (Lipinski definition) is 6. The van der Waals surface area contributed by atoms with Crippen molar-refractivity contribution in [3.05, 3.63) is 42.4 Å². The average molecular weight is 271 g/mol. The lowest BCUT2D eigenvalue weighted by atomic mass is 10.3. The van der Waals surface area contributed by atoms with Crippen LogP contribution < -0.4 is 9.80 Å². The number of aromatic nitrogens is 3. The van der Waals surface area contributed by atoms with E-state index in [-0.39, 0.29) is 6.61 Å². The highest BCUT2D eigenvalue weighted by Gasteiger charge is 2.19. The Kier molecular flexibility index (Phi) is 3.73. The molecule has 0 amide bonds. The van der Waals surface area contributed by atoms with Crippen molar-refractivity contribution in [2.45, 2.75) is 6.61 Å². The SMILES string of the molecule is OCc1cnc(N2CCN(c3ccccn3)CC2)nc1. The normalized spacial score (nSPS) is 15.4. The highest BCUT2D eigenvalue weighted by molar-refractivity contribution is 5.41. The van der Waals surface area contributed by atoms with E-state index in [4.69, 9.17) is 5.11 Å². The van der Waals surface area contributed by atoms with Gasteiger partial charge in [-0.15, -0.1) is 0 Å². The molecule has 3 heterocycles. The van der Waals surface area contributed by atoms with Gasteiger partial charge >= 0.3 is 0 Å². The van der Waals surface area contributed by atoms with Crippen molar-refractivity contribution < 1.29 is 5.11 Å². The largest absolute Gasteiger partial charge is 0.392 e. The van der Waals surface area contributed by atoms with Gasteiger partial charge in [0.15, 0.2) is 0 Å². The van der Waals surface area contributed by atoms with Gasteiger partial charge in [-0.1, -0.05) is 6.07 Å². The molecule has 0 unspecified atom stereocenters. The Labute approximate surface area is 117 Å². The van der Waals surface area contributed by atoms with Crippen molar-refractivity contribution in [1.29, 1.82) is 0 Å². The van der Waals surface area contributed by atoms with Gasteiger partial charge in [-0.2, -0.15) is 0 Å². The van der Waals surface area contributed by atoms with Crippen LogP contribution in [0.1, 0.15) is 5.56 Å². The number of hydrogen-bond donors (Lipinski definition) is 1. The molecule has 0 bridgehead atoms. The van der Waals surface area contributed by atoms with Crippen LogP contribution in [0.5, 0.6) is 0 Å². The molecular weight excluding hydrogens is 254 g/mol. The maximum absolute atomic E-state index is 8.99. The molecule has 3 rings (SSSR count). The molecule has 0 aliphatic carbocycles. The molecule has 1 saturated heterocycles. The first kappa shape index (κ1) is 12.8. The van der Waals surface area contributed by atoms with Crippen LogP contribution in [0.25, 0.3) is 0 Å². The standard InChI is InChI=1S/C14H17N5O/c20-11-12-9-16-14(17-10-12)19-7-5-18(6-8-19)13-3-1-2-4-15-13/h1-4,9-10,20H,5-8,11H2. The molecule has 0 atom stereocenters. The van der Waals surface area contributed by atoms with E-state index in [0.29, 0.717) is 0 Å². The summed E-state index contributed by atoms with van der Waals surface area (Å²) < 4.78 is 0. The van der Waals surface area contributed by atoms with Gasteiger partial charge in [-0.3, -0.25) is 0 Å². The first-order valence-corrected chi connectivity index (χ1v) is 6.69. The second-order valence-electron chi connectivity index (χ2n) is 4.71. The number of piperazine rings is 1. The fourth-order valence-electron chi connectivity index (χ4n) is 2.27. The second kappa shape index (κ2) is 5.83. The maximum atomic E-state index is 8.99. The van der Waals surface area contributed by atoms with Crippen molar-refractivity contribution in [2.75, 3.05) is 36.0 Å². The van der Waals surface area contributed by atoms with Crippen molar-refractivity contribution in [3.63, 3.8) is 0 Å². The van der Waals surface area contributed by atoms with Gasteiger partial charge in [0, 0.05) is 50.3 Å². The summed E-state index contributed by atoms with van der Waals surface area (Å²) in [7, 11) is 0. The lowest BCUT2D eigenvalue weighted by molar-refractivity contribution is 0.281. The van der Waals surface area contributed by atoms with E-state index < -0.39 is 0 Å². The van der Waals surface area contributed by atoms with Gasteiger partial charge in [0.25, 0.3) is 0 Å². The summed E-state index contributed by atoms with van der Waals surface area (Å²) >= 11 is 0. The van der Waals surface area contributed by atoms with Crippen molar-refractivity contribution in [2.24, 2.45) is 0 Å². The molecular formula is C14H17N5O. The third-order valence-electron chi connectivity index (χ3n) is 3.41. The monoisotopic (exact) mass is 271 g/mol. The average Bonchev–Trinajstić information content (AvgIpc) is 2.56. The van der Waals surface area contributed by atoms with E-state index >= 15 is 0 Å². The number of aliphatic hydroxyl groups is 1. The van der Waals surface area contributed by atoms with Gasteiger partial charge in [0.1, 0.15) is 5.82 Å². The maximum Gasteiger partial charge on any atom is 0.225 e. The molecule has 2 aromatic rings. The van der Waals surface area contributed by atoms with Crippen molar-refractivity contribution in [3.8, 4) is 0 Å². The van der Waals surface area contributed by atoms with Crippen LogP contribution in [0.4, 0.5) is 11.8 Å². The second-order valence-corrected chi connectivity index (χ2v) is 4.71. The predicted octanol–water partition coefficient (Wildman–Crippen LogP) is 0.690.